The van der Waals surface area contributed by atoms with E-state index < -0.39 is 22.1 Å². The number of benzene rings is 2. The van der Waals surface area contributed by atoms with Gasteiger partial charge < -0.3 is 9.64 Å². The van der Waals surface area contributed by atoms with E-state index >= 15 is 0 Å². The van der Waals surface area contributed by atoms with Crippen LogP contribution in [0.4, 0.5) is 18.9 Å². The fourth-order valence-electron chi connectivity index (χ4n) is 4.42. The molecule has 1 atom stereocenters. The van der Waals surface area contributed by atoms with Crippen LogP contribution in [-0.2, 0) is 21.2 Å². The highest BCUT2D eigenvalue weighted by Crippen LogP contribution is 2.35. The number of halogens is 3. The van der Waals surface area contributed by atoms with Gasteiger partial charge in [0.1, 0.15) is 5.75 Å². The molecule has 0 saturated carbocycles. The minimum atomic E-state index is -4.91. The number of anilines is 1. The first kappa shape index (κ1) is 22.6. The summed E-state index contributed by atoms with van der Waals surface area (Å²) >= 11 is 0. The Hall–Kier alpha value is -2.59. The van der Waals surface area contributed by atoms with Crippen molar-refractivity contribution in [3.8, 4) is 5.75 Å². The van der Waals surface area contributed by atoms with Crippen molar-refractivity contribution in [3.05, 3.63) is 54.1 Å². The Morgan fingerprint density at radius 2 is 1.75 bits per heavy atom. The summed E-state index contributed by atoms with van der Waals surface area (Å²) in [6, 6.07) is 12.2. The molecule has 0 bridgehead atoms. The number of piperidine rings is 1. The van der Waals surface area contributed by atoms with Gasteiger partial charge in [-0.1, -0.05) is 24.3 Å². The van der Waals surface area contributed by atoms with Crippen LogP contribution in [0.25, 0.3) is 0 Å². The maximum absolute atomic E-state index is 13.2. The van der Waals surface area contributed by atoms with Crippen molar-refractivity contribution in [1.82, 2.24) is 4.31 Å². The van der Waals surface area contributed by atoms with Crippen molar-refractivity contribution in [2.75, 3.05) is 18.0 Å². The van der Waals surface area contributed by atoms with Crippen LogP contribution in [0.1, 0.15) is 25.3 Å². The number of para-hydroxylation sites is 1. The molecule has 2 aromatic rings. The first-order valence-corrected chi connectivity index (χ1v) is 11.8. The van der Waals surface area contributed by atoms with Gasteiger partial charge in [0, 0.05) is 36.8 Å². The summed E-state index contributed by atoms with van der Waals surface area (Å²) in [7, 11) is -4.01. The Bertz CT molecular complexity index is 1110. The van der Waals surface area contributed by atoms with Gasteiger partial charge >= 0.3 is 6.36 Å². The number of sulfonamides is 1. The van der Waals surface area contributed by atoms with E-state index in [0.29, 0.717) is 12.8 Å². The van der Waals surface area contributed by atoms with Gasteiger partial charge in [-0.25, -0.2) is 8.42 Å². The molecule has 0 unspecified atom stereocenters. The number of carbonyl (C=O) groups excluding carboxylic acids is 1. The molecule has 2 aliphatic heterocycles. The summed E-state index contributed by atoms with van der Waals surface area (Å²) in [5.74, 6) is -0.916. The molecule has 4 rings (SSSR count). The summed E-state index contributed by atoms with van der Waals surface area (Å²) in [5.41, 5.74) is 2.02. The highest BCUT2D eigenvalue weighted by Gasteiger charge is 2.38. The molecular formula is C22H23F3N2O4S. The predicted molar refractivity (Wildman–Crippen MR) is 112 cm³/mol. The van der Waals surface area contributed by atoms with Crippen molar-refractivity contribution >= 4 is 21.6 Å². The molecular weight excluding hydrogens is 445 g/mol. The van der Waals surface area contributed by atoms with Crippen molar-refractivity contribution in [2.24, 2.45) is 5.92 Å². The lowest BCUT2D eigenvalue weighted by molar-refractivity contribution is -0.274. The van der Waals surface area contributed by atoms with E-state index in [2.05, 4.69) is 4.74 Å². The number of amides is 1. The molecule has 1 saturated heterocycles. The number of ether oxygens (including phenoxy) is 1. The molecule has 10 heteroatoms. The third-order valence-corrected chi connectivity index (χ3v) is 7.82. The van der Waals surface area contributed by atoms with Gasteiger partial charge in [-0.15, -0.1) is 13.2 Å². The second-order valence-electron chi connectivity index (χ2n) is 8.09. The van der Waals surface area contributed by atoms with Crippen LogP contribution in [0.3, 0.4) is 0 Å². The van der Waals surface area contributed by atoms with Crippen LogP contribution < -0.4 is 9.64 Å². The molecule has 172 valence electrons. The van der Waals surface area contributed by atoms with E-state index in [1.165, 1.54) is 16.4 Å². The van der Waals surface area contributed by atoms with E-state index in [-0.39, 0.29) is 35.9 Å². The number of rotatable bonds is 4. The van der Waals surface area contributed by atoms with Gasteiger partial charge in [0.05, 0.1) is 4.90 Å². The van der Waals surface area contributed by atoms with Crippen LogP contribution in [-0.4, -0.2) is 44.1 Å². The maximum atomic E-state index is 13.2. The van der Waals surface area contributed by atoms with Crippen molar-refractivity contribution in [2.45, 2.75) is 43.5 Å². The monoisotopic (exact) mass is 468 g/mol. The van der Waals surface area contributed by atoms with Gasteiger partial charge in [-0.05, 0) is 49.9 Å². The summed E-state index contributed by atoms with van der Waals surface area (Å²) < 4.78 is 68.4. The van der Waals surface area contributed by atoms with Crippen LogP contribution in [0.15, 0.2) is 53.4 Å². The highest BCUT2D eigenvalue weighted by molar-refractivity contribution is 7.89. The molecule has 0 aliphatic carbocycles. The number of fused-ring (bicyclic) bond motifs is 1. The van der Waals surface area contributed by atoms with Gasteiger partial charge in [-0.3, -0.25) is 4.79 Å². The van der Waals surface area contributed by atoms with Gasteiger partial charge in [-0.2, -0.15) is 4.31 Å². The molecule has 2 heterocycles. The van der Waals surface area contributed by atoms with Crippen molar-refractivity contribution < 1.29 is 31.1 Å². The molecule has 1 amide bonds. The summed E-state index contributed by atoms with van der Waals surface area (Å²) in [6.07, 6.45) is -3.43. The number of hydrogen-bond donors (Lipinski definition) is 0. The minimum absolute atomic E-state index is 0.0138. The van der Waals surface area contributed by atoms with Crippen LogP contribution in [0.5, 0.6) is 5.75 Å². The standard InChI is InChI=1S/C22H23F3N2O4S/c1-15-13-17-5-2-3-8-20(17)27(15)21(28)16-9-11-26(12-10-16)32(29,30)19-7-4-6-18(14-19)31-22(23,24)25/h2-8,14-16H,9-13H2,1H3/t15-/m1/s1. The van der Waals surface area contributed by atoms with Crippen LogP contribution >= 0.6 is 0 Å². The quantitative estimate of drug-likeness (QED) is 0.681. The Balaban J connectivity index is 1.45. The van der Waals surface area contributed by atoms with E-state index in [4.69, 9.17) is 0 Å². The van der Waals surface area contributed by atoms with Gasteiger partial charge in [0.2, 0.25) is 15.9 Å². The summed E-state index contributed by atoms with van der Waals surface area (Å²) in [6.45, 7) is 2.23. The molecule has 1 fully saturated rings. The van der Waals surface area contributed by atoms with E-state index in [0.717, 1.165) is 29.8 Å². The van der Waals surface area contributed by atoms with E-state index in [9.17, 15) is 26.4 Å². The Kier molecular flexibility index (Phi) is 5.93. The normalized spacial score (nSPS) is 20.2. The average Bonchev–Trinajstić information content (AvgIpc) is 3.08. The number of carbonyl (C=O) groups is 1. The summed E-state index contributed by atoms with van der Waals surface area (Å²) in [5, 5.41) is 0. The maximum Gasteiger partial charge on any atom is 0.573 e. The zero-order chi connectivity index (χ0) is 23.1. The van der Waals surface area contributed by atoms with Crippen LogP contribution in [0, 0.1) is 5.92 Å². The molecule has 32 heavy (non-hydrogen) atoms. The Morgan fingerprint density at radius 1 is 1.06 bits per heavy atom. The first-order chi connectivity index (χ1) is 15.1. The number of alkyl halides is 3. The SMILES string of the molecule is C[C@@H]1Cc2ccccc2N1C(=O)C1CCN(S(=O)(=O)c2cccc(OC(F)(F)F)c2)CC1. The molecule has 0 radical (unpaired) electrons. The van der Waals surface area contributed by atoms with E-state index in [1.807, 2.05) is 36.1 Å². The zero-order valence-corrected chi connectivity index (χ0v) is 18.2. The third kappa shape index (κ3) is 4.47. The largest absolute Gasteiger partial charge is 0.573 e. The van der Waals surface area contributed by atoms with Gasteiger partial charge in [0.25, 0.3) is 0 Å². The number of hydrogen-bond acceptors (Lipinski definition) is 4. The minimum Gasteiger partial charge on any atom is -0.406 e. The molecule has 0 spiro atoms. The Labute approximate surface area is 184 Å². The fraction of sp³-hybridized carbons (Fsp3) is 0.409. The van der Waals surface area contributed by atoms with E-state index in [1.54, 1.807) is 0 Å². The van der Waals surface area contributed by atoms with Gasteiger partial charge in [0.15, 0.2) is 0 Å². The first-order valence-electron chi connectivity index (χ1n) is 10.3. The molecule has 0 N–H and O–H groups in total. The molecule has 6 nitrogen and oxygen atoms in total. The lowest BCUT2D eigenvalue weighted by atomic mass is 9.96. The topological polar surface area (TPSA) is 66.9 Å². The fourth-order valence-corrected chi connectivity index (χ4v) is 5.93. The number of nitrogens with zero attached hydrogens (tertiary/aromatic N) is 2. The molecule has 2 aromatic carbocycles. The molecule has 2 aliphatic rings. The smallest absolute Gasteiger partial charge is 0.406 e. The summed E-state index contributed by atoms with van der Waals surface area (Å²) in [4.78, 5) is 14.7. The molecule has 0 aromatic heterocycles. The Morgan fingerprint density at radius 3 is 2.44 bits per heavy atom. The second kappa shape index (κ2) is 8.40. The lowest BCUT2D eigenvalue weighted by Gasteiger charge is -2.34. The van der Waals surface area contributed by atoms with Crippen LogP contribution in [0.2, 0.25) is 0 Å². The predicted octanol–water partition coefficient (Wildman–Crippen LogP) is 3.96. The lowest BCUT2D eigenvalue weighted by Crippen LogP contribution is -2.46. The highest BCUT2D eigenvalue weighted by atomic mass is 32.2. The van der Waals surface area contributed by atoms with Crippen molar-refractivity contribution in [3.63, 3.8) is 0 Å². The third-order valence-electron chi connectivity index (χ3n) is 5.92. The second-order valence-corrected chi connectivity index (χ2v) is 10.0. The average molecular weight is 468 g/mol. The zero-order valence-electron chi connectivity index (χ0n) is 17.4. The van der Waals surface area contributed by atoms with Crippen molar-refractivity contribution in [1.29, 1.82) is 0 Å².